The van der Waals surface area contributed by atoms with Gasteiger partial charge in [-0.2, -0.15) is 0 Å². The van der Waals surface area contributed by atoms with E-state index in [1.54, 1.807) is 10.8 Å². The van der Waals surface area contributed by atoms with Crippen molar-refractivity contribution in [2.75, 3.05) is 0 Å². The summed E-state index contributed by atoms with van der Waals surface area (Å²) < 4.78 is 34.3. The van der Waals surface area contributed by atoms with Crippen molar-refractivity contribution in [3.8, 4) is 0 Å². The maximum absolute atomic E-state index is 13.8. The van der Waals surface area contributed by atoms with Crippen LogP contribution in [-0.2, 0) is 18.8 Å². The summed E-state index contributed by atoms with van der Waals surface area (Å²) in [5.41, 5.74) is 0.425. The van der Waals surface area contributed by atoms with Crippen LogP contribution in [0.3, 0.4) is 0 Å². The third-order valence-electron chi connectivity index (χ3n) is 3.21. The van der Waals surface area contributed by atoms with Gasteiger partial charge in [-0.3, -0.25) is 0 Å². The number of benzene rings is 1. The topological polar surface area (TPSA) is 43.9 Å². The Morgan fingerprint density at radius 3 is 2.81 bits per heavy atom. The van der Waals surface area contributed by atoms with E-state index in [0.717, 1.165) is 18.2 Å². The SMILES string of the molecule is CCc1cnc(Cn2c(CCl)nc3c(F)cc(F)cc32)o1. The third kappa shape index (κ3) is 2.51. The molecule has 21 heavy (non-hydrogen) atoms. The van der Waals surface area contributed by atoms with Crippen LogP contribution in [0.2, 0.25) is 0 Å². The number of oxazole rings is 1. The molecule has 3 aromatic rings. The molecule has 0 aliphatic heterocycles. The Labute approximate surface area is 124 Å². The largest absolute Gasteiger partial charge is 0.444 e. The van der Waals surface area contributed by atoms with Crippen molar-refractivity contribution in [3.05, 3.63) is 47.4 Å². The summed E-state index contributed by atoms with van der Waals surface area (Å²) in [7, 11) is 0. The summed E-state index contributed by atoms with van der Waals surface area (Å²) in [6, 6.07) is 2.03. The molecule has 0 spiro atoms. The van der Waals surface area contributed by atoms with E-state index >= 15 is 0 Å². The maximum atomic E-state index is 13.8. The molecule has 0 aliphatic rings. The molecular formula is C14H12ClF2N3O. The predicted octanol–water partition coefficient (Wildman–Crippen LogP) is 3.65. The molecule has 0 fully saturated rings. The summed E-state index contributed by atoms with van der Waals surface area (Å²) in [4.78, 5) is 8.26. The first-order valence-electron chi connectivity index (χ1n) is 6.46. The molecule has 7 heteroatoms. The number of rotatable bonds is 4. The molecule has 0 amide bonds. The number of alkyl halides is 1. The van der Waals surface area contributed by atoms with Crippen LogP contribution in [0, 0.1) is 11.6 Å². The fraction of sp³-hybridized carbons (Fsp3) is 0.286. The first-order valence-corrected chi connectivity index (χ1v) is 6.99. The molecule has 0 saturated heterocycles. The van der Waals surface area contributed by atoms with Crippen LogP contribution in [0.1, 0.15) is 24.4 Å². The van der Waals surface area contributed by atoms with Gasteiger partial charge in [0, 0.05) is 12.5 Å². The summed E-state index contributed by atoms with van der Waals surface area (Å²) in [6.45, 7) is 2.17. The quantitative estimate of drug-likeness (QED) is 0.691. The average molecular weight is 312 g/mol. The first kappa shape index (κ1) is 14.0. The molecule has 2 heterocycles. The second-order valence-corrected chi connectivity index (χ2v) is 4.84. The summed E-state index contributed by atoms with van der Waals surface area (Å²) >= 11 is 5.84. The van der Waals surface area contributed by atoms with Crippen molar-refractivity contribution >= 4 is 22.6 Å². The molecule has 3 rings (SSSR count). The Bertz CT molecular complexity index is 797. The Balaban J connectivity index is 2.11. The summed E-state index contributed by atoms with van der Waals surface area (Å²) in [5.74, 6) is 0.339. The van der Waals surface area contributed by atoms with Gasteiger partial charge in [0.15, 0.2) is 5.82 Å². The lowest BCUT2D eigenvalue weighted by atomic mass is 10.3. The Hall–Kier alpha value is -1.95. The monoisotopic (exact) mass is 311 g/mol. The van der Waals surface area contributed by atoms with Crippen LogP contribution in [-0.4, -0.2) is 14.5 Å². The Morgan fingerprint density at radius 2 is 2.14 bits per heavy atom. The number of hydrogen-bond acceptors (Lipinski definition) is 3. The number of halogens is 3. The van der Waals surface area contributed by atoms with Crippen LogP contribution < -0.4 is 0 Å². The number of aromatic nitrogens is 3. The lowest BCUT2D eigenvalue weighted by molar-refractivity contribution is 0.446. The minimum absolute atomic E-state index is 0.0804. The summed E-state index contributed by atoms with van der Waals surface area (Å²) in [5, 5.41) is 0. The number of fused-ring (bicyclic) bond motifs is 1. The van der Waals surface area contributed by atoms with Crippen molar-refractivity contribution in [2.24, 2.45) is 0 Å². The van der Waals surface area contributed by atoms with E-state index in [1.807, 2.05) is 6.92 Å². The van der Waals surface area contributed by atoms with E-state index in [-0.39, 0.29) is 17.9 Å². The summed E-state index contributed by atoms with van der Waals surface area (Å²) in [6.07, 6.45) is 2.36. The second kappa shape index (κ2) is 5.44. The zero-order chi connectivity index (χ0) is 15.0. The molecule has 0 radical (unpaired) electrons. The molecule has 0 unspecified atom stereocenters. The van der Waals surface area contributed by atoms with Crippen molar-refractivity contribution in [3.63, 3.8) is 0 Å². The molecule has 110 valence electrons. The first-order chi connectivity index (χ1) is 10.1. The minimum atomic E-state index is -0.711. The zero-order valence-corrected chi connectivity index (χ0v) is 12.0. The van der Waals surface area contributed by atoms with Gasteiger partial charge in [0.1, 0.15) is 29.5 Å². The number of imidazole rings is 1. The number of aryl methyl sites for hydroxylation is 1. The minimum Gasteiger partial charge on any atom is -0.444 e. The van der Waals surface area contributed by atoms with Gasteiger partial charge in [-0.05, 0) is 6.07 Å². The van der Waals surface area contributed by atoms with Gasteiger partial charge in [0.25, 0.3) is 0 Å². The molecule has 4 nitrogen and oxygen atoms in total. The molecule has 0 saturated carbocycles. The van der Waals surface area contributed by atoms with Crippen molar-refractivity contribution < 1.29 is 13.2 Å². The number of nitrogens with zero attached hydrogens (tertiary/aromatic N) is 3. The molecule has 1 aromatic carbocycles. The highest BCUT2D eigenvalue weighted by molar-refractivity contribution is 6.16. The normalized spacial score (nSPS) is 11.4. The molecule has 0 bridgehead atoms. The van der Waals surface area contributed by atoms with Crippen LogP contribution in [0.5, 0.6) is 0 Å². The van der Waals surface area contributed by atoms with Crippen LogP contribution >= 0.6 is 11.6 Å². The van der Waals surface area contributed by atoms with E-state index in [1.165, 1.54) is 6.07 Å². The highest BCUT2D eigenvalue weighted by Gasteiger charge is 2.16. The fourth-order valence-electron chi connectivity index (χ4n) is 2.20. The van der Waals surface area contributed by atoms with Crippen LogP contribution in [0.4, 0.5) is 8.78 Å². The van der Waals surface area contributed by atoms with Gasteiger partial charge in [-0.25, -0.2) is 18.7 Å². The highest BCUT2D eigenvalue weighted by Crippen LogP contribution is 2.23. The lowest BCUT2D eigenvalue weighted by Gasteiger charge is -2.04. The van der Waals surface area contributed by atoms with Gasteiger partial charge in [0.2, 0.25) is 5.89 Å². The fourth-order valence-corrected chi connectivity index (χ4v) is 2.40. The predicted molar refractivity (Wildman–Crippen MR) is 74.2 cm³/mol. The van der Waals surface area contributed by atoms with Crippen molar-refractivity contribution in [1.29, 1.82) is 0 Å². The molecular weight excluding hydrogens is 300 g/mol. The molecule has 0 aliphatic carbocycles. The average Bonchev–Trinajstić information content (AvgIpc) is 3.04. The third-order valence-corrected chi connectivity index (χ3v) is 3.45. The van der Waals surface area contributed by atoms with Crippen molar-refractivity contribution in [2.45, 2.75) is 25.8 Å². The maximum Gasteiger partial charge on any atom is 0.214 e. The van der Waals surface area contributed by atoms with E-state index in [4.69, 9.17) is 16.0 Å². The van der Waals surface area contributed by atoms with E-state index in [0.29, 0.717) is 17.2 Å². The van der Waals surface area contributed by atoms with Gasteiger partial charge in [0.05, 0.1) is 17.6 Å². The second-order valence-electron chi connectivity index (χ2n) is 4.58. The molecule has 2 aromatic heterocycles. The van der Waals surface area contributed by atoms with E-state index < -0.39 is 11.6 Å². The smallest absolute Gasteiger partial charge is 0.214 e. The molecule has 0 atom stereocenters. The van der Waals surface area contributed by atoms with Crippen LogP contribution in [0.15, 0.2) is 22.7 Å². The van der Waals surface area contributed by atoms with Gasteiger partial charge >= 0.3 is 0 Å². The highest BCUT2D eigenvalue weighted by atomic mass is 35.5. The van der Waals surface area contributed by atoms with E-state index in [2.05, 4.69) is 9.97 Å². The van der Waals surface area contributed by atoms with Gasteiger partial charge in [-0.15, -0.1) is 11.6 Å². The van der Waals surface area contributed by atoms with Gasteiger partial charge < -0.3 is 8.98 Å². The standard InChI is InChI=1S/C14H12ClF2N3O/c1-2-9-6-18-13(21-9)7-20-11-4-8(16)3-10(17)14(11)19-12(20)5-15/h3-4,6H,2,5,7H2,1H3. The van der Waals surface area contributed by atoms with Gasteiger partial charge in [-0.1, -0.05) is 6.92 Å². The molecule has 0 N–H and O–H groups in total. The van der Waals surface area contributed by atoms with Crippen molar-refractivity contribution in [1.82, 2.24) is 14.5 Å². The Morgan fingerprint density at radius 1 is 1.33 bits per heavy atom. The zero-order valence-electron chi connectivity index (χ0n) is 11.2. The number of hydrogen-bond donors (Lipinski definition) is 0. The van der Waals surface area contributed by atoms with E-state index in [9.17, 15) is 8.78 Å². The Kier molecular flexibility index (Phi) is 3.63. The van der Waals surface area contributed by atoms with Crippen LogP contribution in [0.25, 0.3) is 11.0 Å². The lowest BCUT2D eigenvalue weighted by Crippen LogP contribution is -2.04.